The molecule has 0 atom stereocenters. The second-order valence-electron chi connectivity index (χ2n) is 3.81. The number of nitrogens with zero attached hydrogens (tertiary/aromatic N) is 2. The van der Waals surface area contributed by atoms with E-state index in [9.17, 15) is 0 Å². The van der Waals surface area contributed by atoms with Crippen LogP contribution in [0, 0.1) is 11.3 Å². The molecular formula is C14H14N4O. The molecule has 0 spiro atoms. The Bertz CT molecular complexity index is 592. The molecule has 0 bridgehead atoms. The van der Waals surface area contributed by atoms with E-state index in [0.29, 0.717) is 24.7 Å². The Balaban J connectivity index is 2.12. The molecule has 0 unspecified atom stereocenters. The maximum atomic E-state index is 8.80. The van der Waals surface area contributed by atoms with Gasteiger partial charge in [-0.2, -0.15) is 5.26 Å². The second-order valence-corrected chi connectivity index (χ2v) is 3.81. The molecule has 2 rings (SSSR count). The van der Waals surface area contributed by atoms with E-state index in [1.165, 1.54) is 0 Å². The van der Waals surface area contributed by atoms with Gasteiger partial charge in [0.2, 0.25) is 0 Å². The van der Waals surface area contributed by atoms with Crippen molar-refractivity contribution in [2.75, 3.05) is 18.5 Å². The number of ether oxygens (including phenoxy) is 1. The molecule has 0 radical (unpaired) electrons. The van der Waals surface area contributed by atoms with Crippen LogP contribution in [0.5, 0.6) is 5.75 Å². The zero-order valence-corrected chi connectivity index (χ0v) is 10.3. The van der Waals surface area contributed by atoms with Crippen LogP contribution in [0.15, 0.2) is 42.5 Å². The summed E-state index contributed by atoms with van der Waals surface area (Å²) in [6.45, 7) is 0.953. The van der Waals surface area contributed by atoms with Crippen molar-refractivity contribution < 1.29 is 4.74 Å². The first-order valence-electron chi connectivity index (χ1n) is 5.89. The first kappa shape index (κ1) is 12.9. The Labute approximate surface area is 111 Å². The lowest BCUT2D eigenvalue weighted by Gasteiger charge is -2.08. The molecule has 0 fully saturated rings. The van der Waals surface area contributed by atoms with Crippen LogP contribution in [0.2, 0.25) is 0 Å². The first-order valence-corrected chi connectivity index (χ1v) is 5.89. The molecule has 0 saturated heterocycles. The molecule has 1 aromatic carbocycles. The molecule has 0 amide bonds. The van der Waals surface area contributed by atoms with E-state index in [0.717, 1.165) is 11.4 Å². The summed E-state index contributed by atoms with van der Waals surface area (Å²) in [5, 5.41) is 11.9. The van der Waals surface area contributed by atoms with Gasteiger partial charge in [-0.05, 0) is 24.3 Å². The van der Waals surface area contributed by atoms with Gasteiger partial charge in [-0.3, -0.25) is 0 Å². The third-order valence-electron chi connectivity index (χ3n) is 2.36. The van der Waals surface area contributed by atoms with E-state index >= 15 is 0 Å². The standard InChI is InChI=1S/C14H14N4O/c15-7-8-19-13-5-1-3-11(9-13)17-14-6-2-4-12(10-16)18-14/h1-6,9H,7-8,15H2,(H,17,18). The molecular weight excluding hydrogens is 240 g/mol. The van der Waals surface area contributed by atoms with Gasteiger partial charge in [0.15, 0.2) is 0 Å². The molecule has 96 valence electrons. The van der Waals surface area contributed by atoms with Gasteiger partial charge in [-0.15, -0.1) is 0 Å². The minimum atomic E-state index is 0.375. The number of hydrogen-bond acceptors (Lipinski definition) is 5. The predicted molar refractivity (Wildman–Crippen MR) is 73.2 cm³/mol. The van der Waals surface area contributed by atoms with E-state index in [2.05, 4.69) is 10.3 Å². The summed E-state index contributed by atoms with van der Waals surface area (Å²) in [7, 11) is 0. The summed E-state index contributed by atoms with van der Waals surface area (Å²) >= 11 is 0. The van der Waals surface area contributed by atoms with Crippen LogP contribution in [0.25, 0.3) is 0 Å². The van der Waals surface area contributed by atoms with Crippen molar-refractivity contribution in [3.8, 4) is 11.8 Å². The summed E-state index contributed by atoms with van der Waals surface area (Å²) in [5.74, 6) is 1.36. The fourth-order valence-corrected chi connectivity index (χ4v) is 1.55. The Morgan fingerprint density at radius 2 is 2.11 bits per heavy atom. The molecule has 0 aliphatic heterocycles. The van der Waals surface area contributed by atoms with Gasteiger partial charge < -0.3 is 15.8 Å². The Morgan fingerprint density at radius 1 is 1.26 bits per heavy atom. The molecule has 0 aliphatic rings. The molecule has 5 nitrogen and oxygen atoms in total. The molecule has 19 heavy (non-hydrogen) atoms. The smallest absolute Gasteiger partial charge is 0.142 e. The van der Waals surface area contributed by atoms with Gasteiger partial charge in [-0.1, -0.05) is 12.1 Å². The summed E-state index contributed by atoms with van der Waals surface area (Å²) in [5.41, 5.74) is 6.61. The lowest BCUT2D eigenvalue weighted by Crippen LogP contribution is -2.10. The van der Waals surface area contributed by atoms with E-state index in [4.69, 9.17) is 15.7 Å². The fourth-order valence-electron chi connectivity index (χ4n) is 1.55. The first-order chi connectivity index (χ1) is 9.31. The number of pyridine rings is 1. The number of hydrogen-bond donors (Lipinski definition) is 2. The van der Waals surface area contributed by atoms with E-state index < -0.39 is 0 Å². The summed E-state index contributed by atoms with van der Waals surface area (Å²) < 4.78 is 5.44. The second kappa shape index (κ2) is 6.38. The maximum Gasteiger partial charge on any atom is 0.142 e. The highest BCUT2D eigenvalue weighted by atomic mass is 16.5. The highest BCUT2D eigenvalue weighted by Crippen LogP contribution is 2.20. The summed E-state index contributed by atoms with van der Waals surface area (Å²) in [4.78, 5) is 4.15. The summed E-state index contributed by atoms with van der Waals surface area (Å²) in [6.07, 6.45) is 0. The van der Waals surface area contributed by atoms with Crippen LogP contribution in [0.1, 0.15) is 5.69 Å². The number of anilines is 2. The van der Waals surface area contributed by atoms with Crippen LogP contribution in [0.4, 0.5) is 11.5 Å². The van der Waals surface area contributed by atoms with Gasteiger partial charge in [0.1, 0.15) is 29.9 Å². The SMILES string of the molecule is N#Cc1cccc(Nc2cccc(OCCN)c2)n1. The van der Waals surface area contributed by atoms with Crippen molar-refractivity contribution in [2.24, 2.45) is 5.73 Å². The Kier molecular flexibility index (Phi) is 4.32. The summed E-state index contributed by atoms with van der Waals surface area (Å²) in [6, 6.07) is 14.7. The van der Waals surface area contributed by atoms with Gasteiger partial charge in [0.05, 0.1) is 0 Å². The molecule has 0 saturated carbocycles. The number of benzene rings is 1. The fraction of sp³-hybridized carbons (Fsp3) is 0.143. The predicted octanol–water partition coefficient (Wildman–Crippen LogP) is 2.03. The average molecular weight is 254 g/mol. The molecule has 3 N–H and O–H groups in total. The van der Waals surface area contributed by atoms with Gasteiger partial charge >= 0.3 is 0 Å². The molecule has 5 heteroatoms. The van der Waals surface area contributed by atoms with Crippen molar-refractivity contribution in [1.29, 1.82) is 5.26 Å². The third-order valence-corrected chi connectivity index (χ3v) is 2.36. The van der Waals surface area contributed by atoms with Crippen molar-refractivity contribution in [1.82, 2.24) is 4.98 Å². The van der Waals surface area contributed by atoms with Crippen molar-refractivity contribution in [2.45, 2.75) is 0 Å². The van der Waals surface area contributed by atoms with Gasteiger partial charge in [0, 0.05) is 18.3 Å². The van der Waals surface area contributed by atoms with Crippen LogP contribution >= 0.6 is 0 Å². The largest absolute Gasteiger partial charge is 0.492 e. The average Bonchev–Trinajstić information content (AvgIpc) is 2.46. The highest BCUT2D eigenvalue weighted by molar-refractivity contribution is 5.58. The van der Waals surface area contributed by atoms with Gasteiger partial charge in [-0.25, -0.2) is 4.98 Å². The van der Waals surface area contributed by atoms with E-state index in [1.807, 2.05) is 30.3 Å². The van der Waals surface area contributed by atoms with E-state index in [1.54, 1.807) is 18.2 Å². The van der Waals surface area contributed by atoms with Crippen molar-refractivity contribution in [3.05, 3.63) is 48.2 Å². The van der Waals surface area contributed by atoms with E-state index in [-0.39, 0.29) is 0 Å². The minimum absolute atomic E-state index is 0.375. The third kappa shape index (κ3) is 3.69. The monoisotopic (exact) mass is 254 g/mol. The maximum absolute atomic E-state index is 8.80. The van der Waals surface area contributed by atoms with Crippen LogP contribution in [-0.2, 0) is 0 Å². The molecule has 1 aromatic heterocycles. The Hall–Kier alpha value is -2.58. The zero-order valence-electron chi connectivity index (χ0n) is 10.3. The highest BCUT2D eigenvalue weighted by Gasteiger charge is 2.00. The number of aromatic nitrogens is 1. The number of rotatable bonds is 5. The number of nitrogens with one attached hydrogen (secondary N) is 1. The van der Waals surface area contributed by atoms with Crippen molar-refractivity contribution in [3.63, 3.8) is 0 Å². The van der Waals surface area contributed by atoms with Crippen LogP contribution in [-0.4, -0.2) is 18.1 Å². The number of nitrogens with two attached hydrogens (primary N) is 1. The topological polar surface area (TPSA) is 84.0 Å². The van der Waals surface area contributed by atoms with Crippen LogP contribution in [0.3, 0.4) is 0 Å². The van der Waals surface area contributed by atoms with Crippen molar-refractivity contribution >= 4 is 11.5 Å². The van der Waals surface area contributed by atoms with Crippen LogP contribution < -0.4 is 15.8 Å². The zero-order chi connectivity index (χ0) is 13.5. The molecule has 1 heterocycles. The number of nitriles is 1. The molecule has 2 aromatic rings. The normalized spacial score (nSPS) is 9.68. The quantitative estimate of drug-likeness (QED) is 0.853. The van der Waals surface area contributed by atoms with Gasteiger partial charge in [0.25, 0.3) is 0 Å². The minimum Gasteiger partial charge on any atom is -0.492 e. The Morgan fingerprint density at radius 3 is 2.89 bits per heavy atom. The lowest BCUT2D eigenvalue weighted by molar-refractivity contribution is 0.328. The lowest BCUT2D eigenvalue weighted by atomic mass is 10.3. The molecule has 0 aliphatic carbocycles.